The number of halogens is 1. The zero-order valence-electron chi connectivity index (χ0n) is 8.16. The number of benzene rings is 1. The van der Waals surface area contributed by atoms with Gasteiger partial charge in [-0.3, -0.25) is 0 Å². The fourth-order valence-electron chi connectivity index (χ4n) is 1.88. The molecule has 0 spiro atoms. The second-order valence-corrected chi connectivity index (χ2v) is 3.63. The molecule has 0 saturated carbocycles. The van der Waals surface area contributed by atoms with Crippen LogP contribution in [-0.4, -0.2) is 6.10 Å². The highest BCUT2D eigenvalue weighted by Gasteiger charge is 2.26. The summed E-state index contributed by atoms with van der Waals surface area (Å²) in [5.41, 5.74) is 7.87. The summed E-state index contributed by atoms with van der Waals surface area (Å²) in [4.78, 5) is 0. The average molecular weight is 195 g/mol. The van der Waals surface area contributed by atoms with Gasteiger partial charge in [-0.1, -0.05) is 13.0 Å². The highest BCUT2D eigenvalue weighted by atomic mass is 19.1. The van der Waals surface area contributed by atoms with Crippen LogP contribution < -0.4 is 5.73 Å². The SMILES string of the molecule is CC[C@H]1OCc2ccc(F)cc2[C@@H]1N. The number of hydrogen-bond donors (Lipinski definition) is 1. The van der Waals surface area contributed by atoms with Gasteiger partial charge in [-0.25, -0.2) is 4.39 Å². The molecule has 0 aliphatic carbocycles. The maximum Gasteiger partial charge on any atom is 0.123 e. The Bertz CT molecular complexity index is 340. The third-order valence-electron chi connectivity index (χ3n) is 2.72. The van der Waals surface area contributed by atoms with Gasteiger partial charge in [0.25, 0.3) is 0 Å². The predicted octanol–water partition coefficient (Wildman–Crippen LogP) is 2.13. The van der Waals surface area contributed by atoms with Crippen LogP contribution in [-0.2, 0) is 11.3 Å². The Hall–Kier alpha value is -0.930. The smallest absolute Gasteiger partial charge is 0.123 e. The molecule has 1 aliphatic rings. The van der Waals surface area contributed by atoms with E-state index in [0.717, 1.165) is 17.5 Å². The zero-order valence-corrected chi connectivity index (χ0v) is 8.16. The molecule has 0 aromatic heterocycles. The average Bonchev–Trinajstić information content (AvgIpc) is 2.20. The van der Waals surface area contributed by atoms with Gasteiger partial charge in [0.15, 0.2) is 0 Å². The van der Waals surface area contributed by atoms with Crippen molar-refractivity contribution in [1.29, 1.82) is 0 Å². The molecule has 0 saturated heterocycles. The van der Waals surface area contributed by atoms with Gasteiger partial charge in [-0.05, 0) is 29.7 Å². The standard InChI is InChI=1S/C11H14FNO/c1-2-10-11(13)9-5-8(12)4-3-7(9)6-14-10/h3-5,10-11H,2,6,13H2,1H3/t10-,11+/m1/s1. The van der Waals surface area contributed by atoms with Gasteiger partial charge in [0, 0.05) is 0 Å². The van der Waals surface area contributed by atoms with Crippen LogP contribution >= 0.6 is 0 Å². The lowest BCUT2D eigenvalue weighted by Gasteiger charge is -2.30. The highest BCUT2D eigenvalue weighted by Crippen LogP contribution is 2.29. The zero-order chi connectivity index (χ0) is 10.1. The molecule has 76 valence electrons. The molecule has 0 bridgehead atoms. The summed E-state index contributed by atoms with van der Waals surface area (Å²) < 4.78 is 18.6. The van der Waals surface area contributed by atoms with E-state index in [-0.39, 0.29) is 18.0 Å². The van der Waals surface area contributed by atoms with Crippen molar-refractivity contribution in [3.05, 3.63) is 35.1 Å². The lowest BCUT2D eigenvalue weighted by Crippen LogP contribution is -2.33. The molecule has 0 radical (unpaired) electrons. The van der Waals surface area contributed by atoms with Gasteiger partial charge in [0.05, 0.1) is 18.8 Å². The number of ether oxygens (including phenoxy) is 1. The largest absolute Gasteiger partial charge is 0.372 e. The van der Waals surface area contributed by atoms with Crippen molar-refractivity contribution in [2.45, 2.75) is 32.1 Å². The minimum Gasteiger partial charge on any atom is -0.372 e. The number of hydrogen-bond acceptors (Lipinski definition) is 2. The molecule has 2 rings (SSSR count). The van der Waals surface area contributed by atoms with Gasteiger partial charge in [-0.2, -0.15) is 0 Å². The fourth-order valence-corrected chi connectivity index (χ4v) is 1.88. The summed E-state index contributed by atoms with van der Waals surface area (Å²) in [7, 11) is 0. The molecule has 2 atom stereocenters. The second-order valence-electron chi connectivity index (χ2n) is 3.63. The first kappa shape index (κ1) is 9.62. The minimum absolute atomic E-state index is 0.0179. The normalized spacial score (nSPS) is 25.9. The Morgan fingerprint density at radius 3 is 3.07 bits per heavy atom. The topological polar surface area (TPSA) is 35.2 Å². The monoisotopic (exact) mass is 195 g/mol. The Morgan fingerprint density at radius 2 is 2.36 bits per heavy atom. The van der Waals surface area contributed by atoms with Gasteiger partial charge in [0.1, 0.15) is 5.82 Å². The first-order valence-corrected chi connectivity index (χ1v) is 4.88. The molecule has 1 aromatic carbocycles. The Morgan fingerprint density at radius 1 is 1.57 bits per heavy atom. The van der Waals surface area contributed by atoms with Gasteiger partial charge >= 0.3 is 0 Å². The summed E-state index contributed by atoms with van der Waals surface area (Å²) in [6.07, 6.45) is 0.876. The van der Waals surface area contributed by atoms with Gasteiger partial charge in [0.2, 0.25) is 0 Å². The van der Waals surface area contributed by atoms with E-state index in [9.17, 15) is 4.39 Å². The van der Waals surface area contributed by atoms with Crippen LogP contribution in [0, 0.1) is 5.82 Å². The molecule has 2 nitrogen and oxygen atoms in total. The van der Waals surface area contributed by atoms with E-state index in [2.05, 4.69) is 0 Å². The van der Waals surface area contributed by atoms with Crippen molar-refractivity contribution >= 4 is 0 Å². The van der Waals surface area contributed by atoms with E-state index in [4.69, 9.17) is 10.5 Å². The van der Waals surface area contributed by atoms with E-state index >= 15 is 0 Å². The molecular weight excluding hydrogens is 181 g/mol. The lowest BCUT2D eigenvalue weighted by molar-refractivity contribution is 0.00666. The van der Waals surface area contributed by atoms with Crippen LogP contribution in [0.2, 0.25) is 0 Å². The molecule has 14 heavy (non-hydrogen) atoms. The van der Waals surface area contributed by atoms with Gasteiger partial charge in [-0.15, -0.1) is 0 Å². The number of fused-ring (bicyclic) bond motifs is 1. The summed E-state index contributed by atoms with van der Waals surface area (Å²) in [6, 6.07) is 4.52. The van der Waals surface area contributed by atoms with Crippen molar-refractivity contribution in [1.82, 2.24) is 0 Å². The summed E-state index contributed by atoms with van der Waals surface area (Å²) >= 11 is 0. The van der Waals surface area contributed by atoms with Crippen molar-refractivity contribution < 1.29 is 9.13 Å². The summed E-state index contributed by atoms with van der Waals surface area (Å²) in [5.74, 6) is -0.226. The number of nitrogens with two attached hydrogens (primary N) is 1. The lowest BCUT2D eigenvalue weighted by atomic mass is 9.93. The van der Waals surface area contributed by atoms with Crippen molar-refractivity contribution in [3.63, 3.8) is 0 Å². The van der Waals surface area contributed by atoms with Crippen LogP contribution in [0.3, 0.4) is 0 Å². The summed E-state index contributed by atoms with van der Waals surface area (Å²) in [6.45, 7) is 2.57. The Balaban J connectivity index is 2.38. The second kappa shape index (κ2) is 3.67. The van der Waals surface area contributed by atoms with Crippen LogP contribution in [0.5, 0.6) is 0 Å². The molecule has 3 heteroatoms. The van der Waals surface area contributed by atoms with E-state index < -0.39 is 0 Å². The Kier molecular flexibility index (Phi) is 2.52. The molecule has 1 aromatic rings. The first-order valence-electron chi connectivity index (χ1n) is 4.88. The predicted molar refractivity (Wildman–Crippen MR) is 52.2 cm³/mol. The van der Waals surface area contributed by atoms with Crippen molar-refractivity contribution in [2.24, 2.45) is 5.73 Å². The van der Waals surface area contributed by atoms with Crippen LogP contribution in [0.1, 0.15) is 30.5 Å². The molecule has 0 unspecified atom stereocenters. The maximum atomic E-state index is 13.0. The summed E-state index contributed by atoms with van der Waals surface area (Å²) in [5, 5.41) is 0. The van der Waals surface area contributed by atoms with Crippen molar-refractivity contribution in [3.8, 4) is 0 Å². The van der Waals surface area contributed by atoms with E-state index in [1.54, 1.807) is 6.07 Å². The molecule has 1 heterocycles. The molecule has 1 aliphatic heterocycles. The molecule has 0 fully saturated rings. The molecular formula is C11H14FNO. The van der Waals surface area contributed by atoms with Crippen LogP contribution in [0.15, 0.2) is 18.2 Å². The van der Waals surface area contributed by atoms with E-state index in [1.165, 1.54) is 12.1 Å². The maximum absolute atomic E-state index is 13.0. The van der Waals surface area contributed by atoms with Crippen LogP contribution in [0.4, 0.5) is 4.39 Å². The minimum atomic E-state index is -0.226. The fraction of sp³-hybridized carbons (Fsp3) is 0.455. The molecule has 2 N–H and O–H groups in total. The van der Waals surface area contributed by atoms with Crippen LogP contribution in [0.25, 0.3) is 0 Å². The quantitative estimate of drug-likeness (QED) is 0.745. The molecule has 0 amide bonds. The van der Waals surface area contributed by atoms with Crippen molar-refractivity contribution in [2.75, 3.05) is 0 Å². The first-order chi connectivity index (χ1) is 6.72. The van der Waals surface area contributed by atoms with E-state index in [0.29, 0.717) is 6.61 Å². The Labute approximate surface area is 82.9 Å². The van der Waals surface area contributed by atoms with Gasteiger partial charge < -0.3 is 10.5 Å². The third-order valence-corrected chi connectivity index (χ3v) is 2.72. The third kappa shape index (κ3) is 1.53. The highest BCUT2D eigenvalue weighted by molar-refractivity contribution is 5.32. The van der Waals surface area contributed by atoms with E-state index in [1.807, 2.05) is 6.92 Å². The number of rotatable bonds is 1.